The number of aryl methyl sites for hydroxylation is 1. The van der Waals surface area contributed by atoms with Gasteiger partial charge in [-0.1, -0.05) is 23.7 Å². The quantitative estimate of drug-likeness (QED) is 0.662. The van der Waals surface area contributed by atoms with Crippen LogP contribution in [0.5, 0.6) is 0 Å². The minimum atomic E-state index is -0.405. The van der Waals surface area contributed by atoms with E-state index in [0.29, 0.717) is 15.6 Å². The maximum atomic E-state index is 12.2. The first-order chi connectivity index (χ1) is 11.4. The smallest absolute Gasteiger partial charge is 0.350 e. The molecule has 24 heavy (non-hydrogen) atoms. The first kappa shape index (κ1) is 16.7. The Bertz CT molecular complexity index is 917. The van der Waals surface area contributed by atoms with Crippen LogP contribution >= 0.6 is 22.9 Å². The van der Waals surface area contributed by atoms with Crippen LogP contribution in [-0.4, -0.2) is 17.1 Å². The Kier molecular flexibility index (Phi) is 4.47. The molecule has 2 heterocycles. The normalized spacial score (nSPS) is 11.2. The van der Waals surface area contributed by atoms with Crippen LogP contribution in [0.4, 0.5) is 5.69 Å². The highest BCUT2D eigenvalue weighted by molar-refractivity contribution is 7.21. The molecule has 0 amide bonds. The van der Waals surface area contributed by atoms with E-state index in [1.54, 1.807) is 0 Å². The molecule has 1 aromatic carbocycles. The summed E-state index contributed by atoms with van der Waals surface area (Å²) in [7, 11) is 0. The number of halogens is 1. The molecule has 0 atom stereocenters. The van der Waals surface area contributed by atoms with E-state index in [2.05, 4.69) is 4.98 Å². The molecule has 0 aliphatic rings. The number of hydrogen-bond acceptors (Lipinski definition) is 5. The number of fused-ring (bicyclic) bond motifs is 1. The molecule has 3 aromatic rings. The summed E-state index contributed by atoms with van der Waals surface area (Å²) >= 11 is 7.20. The standard InChI is InChI=1S/C18H17ClN2O2S/c1-9(2)23-18(22)16-15(20)14-10(3)8-13(21-17(14)24-16)11-4-6-12(19)7-5-11/h4-9H,20H2,1-3H3. The van der Waals surface area contributed by atoms with Crippen molar-refractivity contribution >= 4 is 44.8 Å². The number of pyridine rings is 1. The van der Waals surface area contributed by atoms with Crippen molar-refractivity contribution in [2.75, 3.05) is 5.73 Å². The third-order valence-corrected chi connectivity index (χ3v) is 4.90. The maximum Gasteiger partial charge on any atom is 0.350 e. The van der Waals surface area contributed by atoms with Gasteiger partial charge in [0, 0.05) is 16.0 Å². The SMILES string of the molecule is Cc1cc(-c2ccc(Cl)cc2)nc2sc(C(=O)OC(C)C)c(N)c12. The minimum absolute atomic E-state index is 0.194. The number of thiophene rings is 1. The lowest BCUT2D eigenvalue weighted by Gasteiger charge is -2.06. The van der Waals surface area contributed by atoms with Gasteiger partial charge in [-0.3, -0.25) is 0 Å². The molecular formula is C18H17ClN2O2S. The van der Waals surface area contributed by atoms with Gasteiger partial charge in [0.15, 0.2) is 0 Å². The molecule has 4 nitrogen and oxygen atoms in total. The fraction of sp³-hybridized carbons (Fsp3) is 0.222. The Morgan fingerprint density at radius 3 is 2.58 bits per heavy atom. The summed E-state index contributed by atoms with van der Waals surface area (Å²) in [6.07, 6.45) is -0.194. The molecule has 0 aliphatic heterocycles. The highest BCUT2D eigenvalue weighted by Gasteiger charge is 2.21. The molecule has 0 saturated carbocycles. The van der Waals surface area contributed by atoms with E-state index in [0.717, 1.165) is 27.0 Å². The van der Waals surface area contributed by atoms with E-state index in [1.165, 1.54) is 11.3 Å². The summed E-state index contributed by atoms with van der Waals surface area (Å²) in [4.78, 5) is 18.0. The fourth-order valence-corrected chi connectivity index (χ4v) is 3.68. The monoisotopic (exact) mass is 360 g/mol. The van der Waals surface area contributed by atoms with Crippen LogP contribution in [0.25, 0.3) is 21.5 Å². The molecule has 0 unspecified atom stereocenters. The van der Waals surface area contributed by atoms with Crippen molar-refractivity contribution in [2.45, 2.75) is 26.9 Å². The van der Waals surface area contributed by atoms with Gasteiger partial charge >= 0.3 is 5.97 Å². The van der Waals surface area contributed by atoms with Gasteiger partial charge in [0.2, 0.25) is 0 Å². The van der Waals surface area contributed by atoms with Crippen molar-refractivity contribution in [3.05, 3.63) is 45.8 Å². The number of esters is 1. The van der Waals surface area contributed by atoms with Crippen molar-refractivity contribution in [3.63, 3.8) is 0 Å². The molecule has 2 aromatic heterocycles. The third kappa shape index (κ3) is 3.09. The van der Waals surface area contributed by atoms with Gasteiger partial charge in [0.25, 0.3) is 0 Å². The van der Waals surface area contributed by atoms with Gasteiger partial charge in [-0.15, -0.1) is 11.3 Å². The molecule has 0 saturated heterocycles. The van der Waals surface area contributed by atoms with Gasteiger partial charge in [0.1, 0.15) is 9.71 Å². The van der Waals surface area contributed by atoms with E-state index in [9.17, 15) is 4.79 Å². The number of anilines is 1. The van der Waals surface area contributed by atoms with Gasteiger partial charge < -0.3 is 10.5 Å². The summed E-state index contributed by atoms with van der Waals surface area (Å²) < 4.78 is 5.26. The van der Waals surface area contributed by atoms with E-state index in [-0.39, 0.29) is 6.10 Å². The Morgan fingerprint density at radius 2 is 1.96 bits per heavy atom. The van der Waals surface area contributed by atoms with Crippen LogP contribution in [0, 0.1) is 6.92 Å². The molecule has 2 N–H and O–H groups in total. The molecule has 0 fully saturated rings. The molecular weight excluding hydrogens is 344 g/mol. The van der Waals surface area contributed by atoms with Crippen LogP contribution in [0.1, 0.15) is 29.1 Å². The highest BCUT2D eigenvalue weighted by atomic mass is 35.5. The fourth-order valence-electron chi connectivity index (χ4n) is 2.50. The average molecular weight is 361 g/mol. The minimum Gasteiger partial charge on any atom is -0.459 e. The summed E-state index contributed by atoms with van der Waals surface area (Å²) in [5.41, 5.74) is 9.37. The number of nitrogen functional groups attached to an aromatic ring is 1. The van der Waals surface area contributed by atoms with E-state index in [4.69, 9.17) is 22.1 Å². The molecule has 0 spiro atoms. The van der Waals surface area contributed by atoms with Crippen molar-refractivity contribution in [1.82, 2.24) is 4.98 Å². The predicted molar refractivity (Wildman–Crippen MR) is 99.8 cm³/mol. The number of benzene rings is 1. The molecule has 6 heteroatoms. The lowest BCUT2D eigenvalue weighted by molar-refractivity contribution is 0.0385. The van der Waals surface area contributed by atoms with Crippen LogP contribution in [0.3, 0.4) is 0 Å². The van der Waals surface area contributed by atoms with E-state index < -0.39 is 5.97 Å². The summed E-state index contributed by atoms with van der Waals surface area (Å²) in [5, 5.41) is 1.49. The molecule has 124 valence electrons. The largest absolute Gasteiger partial charge is 0.459 e. The van der Waals surface area contributed by atoms with Crippen LogP contribution in [-0.2, 0) is 4.74 Å². The number of aromatic nitrogens is 1. The zero-order valence-electron chi connectivity index (χ0n) is 13.6. The van der Waals surface area contributed by atoms with Gasteiger partial charge in [0.05, 0.1) is 17.5 Å². The molecule has 3 rings (SSSR count). The van der Waals surface area contributed by atoms with Crippen LogP contribution in [0.15, 0.2) is 30.3 Å². The van der Waals surface area contributed by atoms with Crippen molar-refractivity contribution in [3.8, 4) is 11.3 Å². The van der Waals surface area contributed by atoms with Crippen molar-refractivity contribution in [2.24, 2.45) is 0 Å². The number of ether oxygens (including phenoxy) is 1. The highest BCUT2D eigenvalue weighted by Crippen LogP contribution is 2.37. The lowest BCUT2D eigenvalue weighted by Crippen LogP contribution is -2.11. The van der Waals surface area contributed by atoms with Crippen molar-refractivity contribution < 1.29 is 9.53 Å². The molecule has 0 radical (unpaired) electrons. The average Bonchev–Trinajstić information content (AvgIpc) is 2.85. The van der Waals surface area contributed by atoms with Crippen molar-refractivity contribution in [1.29, 1.82) is 0 Å². The van der Waals surface area contributed by atoms with E-state index in [1.807, 2.05) is 51.1 Å². The van der Waals surface area contributed by atoms with E-state index >= 15 is 0 Å². The number of hydrogen-bond donors (Lipinski definition) is 1. The topological polar surface area (TPSA) is 65.2 Å². The summed E-state index contributed by atoms with van der Waals surface area (Å²) in [5.74, 6) is -0.405. The second kappa shape index (κ2) is 6.42. The Morgan fingerprint density at radius 1 is 1.29 bits per heavy atom. The van der Waals surface area contributed by atoms with Gasteiger partial charge in [-0.2, -0.15) is 0 Å². The Labute approximate surface area is 149 Å². The Hall–Kier alpha value is -2.11. The number of carbonyl (C=O) groups is 1. The predicted octanol–water partition coefficient (Wildman–Crippen LogP) is 5.07. The molecule has 0 aliphatic carbocycles. The van der Waals surface area contributed by atoms with Crippen LogP contribution < -0.4 is 5.73 Å². The first-order valence-electron chi connectivity index (χ1n) is 7.53. The molecule has 0 bridgehead atoms. The second-order valence-corrected chi connectivity index (χ2v) is 7.25. The zero-order valence-corrected chi connectivity index (χ0v) is 15.2. The summed E-state index contributed by atoms with van der Waals surface area (Å²) in [6.45, 7) is 5.58. The number of rotatable bonds is 3. The number of nitrogens with two attached hydrogens (primary N) is 1. The lowest BCUT2D eigenvalue weighted by atomic mass is 10.1. The Balaban J connectivity index is 2.11. The van der Waals surface area contributed by atoms with Crippen LogP contribution in [0.2, 0.25) is 5.02 Å². The second-order valence-electron chi connectivity index (χ2n) is 5.81. The van der Waals surface area contributed by atoms with Gasteiger partial charge in [-0.05, 0) is 44.5 Å². The number of carbonyl (C=O) groups excluding carboxylic acids is 1. The maximum absolute atomic E-state index is 12.2. The third-order valence-electron chi connectivity index (χ3n) is 3.56. The van der Waals surface area contributed by atoms with Gasteiger partial charge in [-0.25, -0.2) is 9.78 Å². The first-order valence-corrected chi connectivity index (χ1v) is 8.72. The zero-order chi connectivity index (χ0) is 17.4. The summed E-state index contributed by atoms with van der Waals surface area (Å²) in [6, 6.07) is 9.45. The number of nitrogens with zero attached hydrogens (tertiary/aromatic N) is 1.